The van der Waals surface area contributed by atoms with Crippen LogP contribution in [-0.2, 0) is 19.2 Å². The molecule has 0 radical (unpaired) electrons. The molecule has 0 aliphatic carbocycles. The topological polar surface area (TPSA) is 44.1 Å². The van der Waals surface area contributed by atoms with Gasteiger partial charge in [-0.1, -0.05) is 36.0 Å². The average Bonchev–Trinajstić information content (AvgIpc) is 2.67. The second-order valence-electron chi connectivity index (χ2n) is 6.27. The lowest BCUT2D eigenvalue weighted by atomic mass is 10.1. The van der Waals surface area contributed by atoms with Gasteiger partial charge in [-0.2, -0.15) is 0 Å². The molecule has 0 fully saturated rings. The second-order valence-corrected chi connectivity index (χ2v) is 7.21. The summed E-state index contributed by atoms with van der Waals surface area (Å²) in [6.45, 7) is 1.83. The largest absolute Gasteiger partial charge is 0.497 e. The summed E-state index contributed by atoms with van der Waals surface area (Å²) in [7, 11) is 3.36. The number of aryl methyl sites for hydroxylation is 1. The van der Waals surface area contributed by atoms with Crippen molar-refractivity contribution >= 4 is 11.8 Å². The summed E-state index contributed by atoms with van der Waals surface area (Å²) in [6.07, 6.45) is 0.365. The number of hydrogen-bond donors (Lipinski definition) is 0. The number of ether oxygens (including phenoxy) is 1. The van der Waals surface area contributed by atoms with Crippen LogP contribution in [0.25, 0.3) is 0 Å². The molecular weight excluding hydrogens is 363 g/mol. The number of methoxy groups -OCH3 is 1. The zero-order valence-electron chi connectivity index (χ0n) is 15.5. The van der Waals surface area contributed by atoms with Crippen LogP contribution >= 0.6 is 11.8 Å². The molecule has 2 aromatic carbocycles. The Morgan fingerprint density at radius 3 is 2.63 bits per heavy atom. The van der Waals surface area contributed by atoms with Crippen molar-refractivity contribution in [1.29, 1.82) is 0 Å². The molecule has 0 N–H and O–H groups in total. The van der Waals surface area contributed by atoms with Crippen LogP contribution in [0.5, 0.6) is 5.75 Å². The third-order valence-corrected chi connectivity index (χ3v) is 5.42. The Kier molecular flexibility index (Phi) is 5.96. The Labute approximate surface area is 162 Å². The van der Waals surface area contributed by atoms with Gasteiger partial charge in [-0.25, -0.2) is 9.37 Å². The smallest absolute Gasteiger partial charge is 0.257 e. The van der Waals surface area contributed by atoms with Gasteiger partial charge in [0.15, 0.2) is 5.16 Å². The Morgan fingerprint density at radius 2 is 1.89 bits per heavy atom. The van der Waals surface area contributed by atoms with Gasteiger partial charge in [0.25, 0.3) is 5.56 Å². The highest BCUT2D eigenvalue weighted by Crippen LogP contribution is 2.23. The van der Waals surface area contributed by atoms with Gasteiger partial charge in [0.05, 0.1) is 7.11 Å². The maximum Gasteiger partial charge on any atom is 0.257 e. The van der Waals surface area contributed by atoms with Gasteiger partial charge in [0, 0.05) is 30.5 Å². The SMILES string of the molecule is COc1cccc(CSc2nc(C)c(Cc3cccc(F)c3)c(=O)n2C)c1. The van der Waals surface area contributed by atoms with E-state index in [9.17, 15) is 9.18 Å². The number of aromatic nitrogens is 2. The molecule has 1 aromatic heterocycles. The fraction of sp³-hybridized carbons (Fsp3) is 0.238. The first-order valence-electron chi connectivity index (χ1n) is 8.54. The van der Waals surface area contributed by atoms with E-state index in [2.05, 4.69) is 4.98 Å². The van der Waals surface area contributed by atoms with Gasteiger partial charge in [-0.05, 0) is 42.3 Å². The van der Waals surface area contributed by atoms with Gasteiger partial charge in [-0.15, -0.1) is 0 Å². The highest BCUT2D eigenvalue weighted by atomic mass is 32.2. The highest BCUT2D eigenvalue weighted by molar-refractivity contribution is 7.98. The quantitative estimate of drug-likeness (QED) is 0.474. The summed E-state index contributed by atoms with van der Waals surface area (Å²) in [5, 5.41) is 0.656. The highest BCUT2D eigenvalue weighted by Gasteiger charge is 2.13. The molecule has 0 bridgehead atoms. The second kappa shape index (κ2) is 8.39. The molecular formula is C21H21FN2O2S. The Balaban J connectivity index is 1.82. The molecule has 0 aliphatic heterocycles. The van der Waals surface area contributed by atoms with Crippen LogP contribution in [0.15, 0.2) is 58.5 Å². The molecule has 3 aromatic rings. The standard InChI is InChI=1S/C21H21FN2O2S/c1-14-19(12-15-6-4-8-17(22)10-15)20(25)24(2)21(23-14)27-13-16-7-5-9-18(11-16)26-3/h4-11H,12-13H2,1-3H3. The molecule has 27 heavy (non-hydrogen) atoms. The third kappa shape index (κ3) is 4.57. The normalized spacial score (nSPS) is 10.8. The zero-order valence-corrected chi connectivity index (χ0v) is 16.3. The van der Waals surface area contributed by atoms with Crippen LogP contribution in [0.3, 0.4) is 0 Å². The summed E-state index contributed by atoms with van der Waals surface area (Å²) in [5.74, 6) is 1.18. The number of rotatable bonds is 6. The van der Waals surface area contributed by atoms with E-state index >= 15 is 0 Å². The van der Waals surface area contributed by atoms with Crippen molar-refractivity contribution in [3.63, 3.8) is 0 Å². The van der Waals surface area contributed by atoms with Crippen LogP contribution in [0.4, 0.5) is 4.39 Å². The molecule has 0 unspecified atom stereocenters. The molecule has 0 spiro atoms. The number of halogens is 1. The summed E-state index contributed by atoms with van der Waals surface area (Å²) in [6, 6.07) is 14.1. The molecule has 4 nitrogen and oxygen atoms in total. The fourth-order valence-corrected chi connectivity index (χ4v) is 3.78. The lowest BCUT2D eigenvalue weighted by Crippen LogP contribution is -2.25. The minimum Gasteiger partial charge on any atom is -0.497 e. The minimum atomic E-state index is -0.305. The van der Waals surface area contributed by atoms with E-state index in [-0.39, 0.29) is 11.4 Å². The first-order valence-corrected chi connectivity index (χ1v) is 9.53. The number of nitrogens with zero attached hydrogens (tertiary/aromatic N) is 2. The van der Waals surface area contributed by atoms with Crippen LogP contribution in [0, 0.1) is 12.7 Å². The van der Waals surface area contributed by atoms with Crippen molar-refractivity contribution < 1.29 is 9.13 Å². The van der Waals surface area contributed by atoms with E-state index < -0.39 is 0 Å². The maximum atomic E-state index is 13.4. The lowest BCUT2D eigenvalue weighted by Gasteiger charge is -2.12. The molecule has 3 rings (SSSR count). The van der Waals surface area contributed by atoms with Gasteiger partial charge in [0.2, 0.25) is 0 Å². The molecule has 0 saturated carbocycles. The van der Waals surface area contributed by atoms with Gasteiger partial charge in [0.1, 0.15) is 11.6 Å². The van der Waals surface area contributed by atoms with Crippen molar-refractivity contribution in [1.82, 2.24) is 9.55 Å². The van der Waals surface area contributed by atoms with E-state index in [1.54, 1.807) is 24.8 Å². The molecule has 6 heteroatoms. The first kappa shape index (κ1) is 19.2. The molecule has 0 saturated heterocycles. The Bertz CT molecular complexity index is 1020. The predicted octanol–water partition coefficient (Wildman–Crippen LogP) is 4.12. The van der Waals surface area contributed by atoms with E-state index in [0.717, 1.165) is 16.9 Å². The summed E-state index contributed by atoms with van der Waals surface area (Å²) in [5.41, 5.74) is 3.02. The van der Waals surface area contributed by atoms with Crippen molar-refractivity contribution in [2.45, 2.75) is 24.3 Å². The lowest BCUT2D eigenvalue weighted by molar-refractivity contribution is 0.414. The number of hydrogen-bond acceptors (Lipinski definition) is 4. The zero-order chi connectivity index (χ0) is 19.4. The van der Waals surface area contributed by atoms with E-state index in [1.807, 2.05) is 37.3 Å². The summed E-state index contributed by atoms with van der Waals surface area (Å²) in [4.78, 5) is 17.4. The van der Waals surface area contributed by atoms with E-state index in [4.69, 9.17) is 4.74 Å². The molecule has 0 aliphatic rings. The van der Waals surface area contributed by atoms with E-state index in [0.29, 0.717) is 28.6 Å². The monoisotopic (exact) mass is 384 g/mol. The summed E-state index contributed by atoms with van der Waals surface area (Å²) < 4.78 is 20.2. The molecule has 0 amide bonds. The first-order chi connectivity index (χ1) is 13.0. The van der Waals surface area contributed by atoms with E-state index in [1.165, 1.54) is 23.9 Å². The molecule has 0 atom stereocenters. The maximum absolute atomic E-state index is 13.4. The number of benzene rings is 2. The molecule has 140 valence electrons. The average molecular weight is 384 g/mol. The molecule has 1 heterocycles. The van der Waals surface area contributed by atoms with Crippen LogP contribution in [0.2, 0.25) is 0 Å². The van der Waals surface area contributed by atoms with Gasteiger partial charge < -0.3 is 4.74 Å². The predicted molar refractivity (Wildman–Crippen MR) is 106 cm³/mol. The van der Waals surface area contributed by atoms with Gasteiger partial charge >= 0.3 is 0 Å². The number of thioether (sulfide) groups is 1. The third-order valence-electron chi connectivity index (χ3n) is 4.32. The van der Waals surface area contributed by atoms with Crippen molar-refractivity contribution in [3.8, 4) is 5.75 Å². The van der Waals surface area contributed by atoms with Crippen molar-refractivity contribution in [2.75, 3.05) is 7.11 Å². The van der Waals surface area contributed by atoms with Crippen LogP contribution < -0.4 is 10.3 Å². The Hall–Kier alpha value is -2.60. The van der Waals surface area contributed by atoms with Crippen molar-refractivity contribution in [2.24, 2.45) is 7.05 Å². The van der Waals surface area contributed by atoms with Crippen LogP contribution in [-0.4, -0.2) is 16.7 Å². The van der Waals surface area contributed by atoms with Crippen molar-refractivity contribution in [3.05, 3.63) is 87.1 Å². The minimum absolute atomic E-state index is 0.0973. The fourth-order valence-electron chi connectivity index (χ4n) is 2.82. The summed E-state index contributed by atoms with van der Waals surface area (Å²) >= 11 is 1.50. The van der Waals surface area contributed by atoms with Crippen LogP contribution in [0.1, 0.15) is 22.4 Å². The Morgan fingerprint density at radius 1 is 1.15 bits per heavy atom. The van der Waals surface area contributed by atoms with Gasteiger partial charge in [-0.3, -0.25) is 9.36 Å².